The van der Waals surface area contributed by atoms with Crippen LogP contribution in [0.15, 0.2) is 66.7 Å². The number of carbonyl (C=O) groups is 4. The Labute approximate surface area is 296 Å². The second-order valence-corrected chi connectivity index (χ2v) is 14.5. The highest BCUT2D eigenvalue weighted by Crippen LogP contribution is 2.45. The highest BCUT2D eigenvalue weighted by molar-refractivity contribution is 5.96. The Morgan fingerprint density at radius 2 is 1.88 bits per heavy atom. The number of aromatic nitrogens is 4. The molecule has 270 valence electrons. The zero-order valence-electron chi connectivity index (χ0n) is 29.2. The predicted molar refractivity (Wildman–Crippen MR) is 185 cm³/mol. The van der Waals surface area contributed by atoms with Crippen LogP contribution in [0.1, 0.15) is 77.3 Å². The molecule has 2 fully saturated rings. The standard InChI is InChI=1S/C37H45N7O7/c1-36(2,3)51-35(49)38-29-18-11-6-4-5-10-16-26-21-37(26,34(47)48)39-32(45)30-20-27(22-43(30)33(29)46)44-41-31(40-42-44)25-15-12-17-28(19-25)50-23-24-13-8-7-9-14-24/h7-10,12-17,19,26-27,29-30H,4-6,11,18,20-23H2,1-3H3,(H,38,49)(H,39,45)(H,47,48)/t26-,27-,29+,30+,37-/m1/s1. The van der Waals surface area contributed by atoms with Crippen LogP contribution in [-0.2, 0) is 25.7 Å². The van der Waals surface area contributed by atoms with E-state index in [1.807, 2.05) is 66.7 Å². The first kappa shape index (κ1) is 35.6. The van der Waals surface area contributed by atoms with Crippen molar-refractivity contribution in [2.75, 3.05) is 6.54 Å². The fraction of sp³-hybridized carbons (Fsp3) is 0.486. The molecule has 1 saturated carbocycles. The largest absolute Gasteiger partial charge is 0.489 e. The number of carbonyl (C=O) groups excluding carboxylic acids is 3. The van der Waals surface area contributed by atoms with Gasteiger partial charge in [-0.25, -0.2) is 9.59 Å². The first-order valence-corrected chi connectivity index (χ1v) is 17.5. The number of allylic oxidation sites excluding steroid dienone is 1. The van der Waals surface area contributed by atoms with E-state index in [1.54, 1.807) is 20.8 Å². The van der Waals surface area contributed by atoms with Crippen LogP contribution in [0.3, 0.4) is 0 Å². The summed E-state index contributed by atoms with van der Waals surface area (Å²) < 4.78 is 11.4. The molecule has 3 aliphatic rings. The number of hydrogen-bond acceptors (Lipinski definition) is 9. The summed E-state index contributed by atoms with van der Waals surface area (Å²) in [6.07, 6.45) is 6.83. The minimum Gasteiger partial charge on any atom is -0.489 e. The van der Waals surface area contributed by atoms with Gasteiger partial charge in [-0.05, 0) is 69.4 Å². The number of hydrogen-bond donors (Lipinski definition) is 3. The molecule has 1 saturated heterocycles. The van der Waals surface area contributed by atoms with Gasteiger partial charge in [0.2, 0.25) is 17.6 Å². The van der Waals surface area contributed by atoms with E-state index in [4.69, 9.17) is 9.47 Å². The lowest BCUT2D eigenvalue weighted by Crippen LogP contribution is -2.56. The van der Waals surface area contributed by atoms with E-state index in [0.29, 0.717) is 36.6 Å². The van der Waals surface area contributed by atoms with E-state index >= 15 is 0 Å². The van der Waals surface area contributed by atoms with Crippen molar-refractivity contribution >= 4 is 23.9 Å². The number of fused-ring (bicyclic) bond motifs is 2. The molecule has 0 bridgehead atoms. The molecule has 14 heteroatoms. The number of aliphatic carboxylic acids is 1. The Morgan fingerprint density at radius 1 is 1.08 bits per heavy atom. The van der Waals surface area contributed by atoms with Crippen molar-refractivity contribution in [3.8, 4) is 17.1 Å². The molecule has 3 aromatic rings. The quantitative estimate of drug-likeness (QED) is 0.299. The van der Waals surface area contributed by atoms with Crippen LogP contribution in [0.4, 0.5) is 4.79 Å². The van der Waals surface area contributed by atoms with Crippen molar-refractivity contribution in [1.29, 1.82) is 0 Å². The molecular weight excluding hydrogens is 654 g/mol. The first-order chi connectivity index (χ1) is 24.4. The van der Waals surface area contributed by atoms with Crippen LogP contribution < -0.4 is 15.4 Å². The second kappa shape index (κ2) is 14.9. The monoisotopic (exact) mass is 699 g/mol. The summed E-state index contributed by atoms with van der Waals surface area (Å²) in [5.41, 5.74) is -0.524. The molecule has 3 amide bonds. The van der Waals surface area contributed by atoms with Gasteiger partial charge in [-0.15, -0.1) is 10.2 Å². The molecule has 51 heavy (non-hydrogen) atoms. The molecule has 2 aliphatic heterocycles. The second-order valence-electron chi connectivity index (χ2n) is 14.5. The molecular formula is C37H45N7O7. The number of ether oxygens (including phenoxy) is 2. The van der Waals surface area contributed by atoms with Gasteiger partial charge in [0.05, 0.1) is 6.04 Å². The van der Waals surface area contributed by atoms with Gasteiger partial charge in [-0.3, -0.25) is 9.59 Å². The van der Waals surface area contributed by atoms with Crippen molar-refractivity contribution in [3.63, 3.8) is 0 Å². The predicted octanol–water partition coefficient (Wildman–Crippen LogP) is 4.43. The fourth-order valence-electron chi connectivity index (χ4n) is 6.66. The molecule has 1 aromatic heterocycles. The number of nitrogens with zero attached hydrogens (tertiary/aromatic N) is 5. The van der Waals surface area contributed by atoms with Crippen molar-refractivity contribution in [2.45, 2.75) is 102 Å². The number of nitrogens with one attached hydrogen (secondary N) is 2. The van der Waals surface area contributed by atoms with Crippen LogP contribution in [0.5, 0.6) is 5.75 Å². The number of benzene rings is 2. The van der Waals surface area contributed by atoms with Crippen LogP contribution >= 0.6 is 0 Å². The van der Waals surface area contributed by atoms with Gasteiger partial charge in [0.1, 0.15) is 35.6 Å². The van der Waals surface area contributed by atoms with Gasteiger partial charge in [0.15, 0.2) is 0 Å². The molecule has 0 radical (unpaired) electrons. The summed E-state index contributed by atoms with van der Waals surface area (Å²) in [7, 11) is 0. The van der Waals surface area contributed by atoms with Crippen LogP contribution in [0.25, 0.3) is 11.4 Å². The zero-order chi connectivity index (χ0) is 36.2. The summed E-state index contributed by atoms with van der Waals surface area (Å²) in [4.78, 5) is 56.4. The molecule has 0 spiro atoms. The lowest BCUT2D eigenvalue weighted by molar-refractivity contribution is -0.145. The normalized spacial score (nSPS) is 25.4. The maximum Gasteiger partial charge on any atom is 0.408 e. The van der Waals surface area contributed by atoms with E-state index < -0.39 is 53.1 Å². The smallest absolute Gasteiger partial charge is 0.408 e. The Bertz CT molecular complexity index is 1770. The Kier molecular flexibility index (Phi) is 10.4. The van der Waals surface area contributed by atoms with Crippen LogP contribution in [-0.4, -0.2) is 83.9 Å². The highest BCUT2D eigenvalue weighted by atomic mass is 16.6. The van der Waals surface area contributed by atoms with Crippen molar-refractivity contribution < 1.29 is 33.8 Å². The first-order valence-electron chi connectivity index (χ1n) is 17.5. The molecule has 2 aromatic carbocycles. The fourth-order valence-corrected chi connectivity index (χ4v) is 6.66. The highest BCUT2D eigenvalue weighted by Gasteiger charge is 2.61. The molecule has 3 heterocycles. The average Bonchev–Trinajstić information content (AvgIpc) is 3.39. The van der Waals surface area contributed by atoms with Gasteiger partial charge >= 0.3 is 12.1 Å². The lowest BCUT2D eigenvalue weighted by Gasteiger charge is -2.30. The lowest BCUT2D eigenvalue weighted by atomic mass is 10.0. The summed E-state index contributed by atoms with van der Waals surface area (Å²) in [6.45, 7) is 5.65. The molecule has 3 N–H and O–H groups in total. The number of tetrazole rings is 1. The van der Waals surface area contributed by atoms with Crippen molar-refractivity contribution in [1.82, 2.24) is 35.7 Å². The van der Waals surface area contributed by atoms with E-state index in [0.717, 1.165) is 24.8 Å². The van der Waals surface area contributed by atoms with E-state index in [1.165, 1.54) is 9.70 Å². The van der Waals surface area contributed by atoms with Gasteiger partial charge in [0, 0.05) is 24.4 Å². The van der Waals surface area contributed by atoms with Crippen molar-refractivity contribution in [3.05, 3.63) is 72.3 Å². The van der Waals surface area contributed by atoms with Gasteiger partial charge in [0.25, 0.3) is 0 Å². The van der Waals surface area contributed by atoms with Gasteiger partial charge < -0.3 is 30.1 Å². The summed E-state index contributed by atoms with van der Waals surface area (Å²) in [5, 5.41) is 28.9. The van der Waals surface area contributed by atoms with E-state index in [9.17, 15) is 24.3 Å². The maximum atomic E-state index is 14.3. The number of amides is 3. The summed E-state index contributed by atoms with van der Waals surface area (Å²) >= 11 is 0. The minimum absolute atomic E-state index is 0.0445. The summed E-state index contributed by atoms with van der Waals surface area (Å²) in [5.74, 6) is -1.55. The SMILES string of the molecule is CC(C)(C)OC(=O)N[C@H]1CCCCCC=C[C@@H]2C[C@@]2(C(=O)O)NC(=O)[C@@H]2C[C@@H](n3nnc(-c4cccc(OCc5ccccc5)c4)n3)CN2C1=O. The van der Waals surface area contributed by atoms with E-state index in [2.05, 4.69) is 26.0 Å². The van der Waals surface area contributed by atoms with Crippen LogP contribution in [0, 0.1) is 5.92 Å². The third-order valence-electron chi connectivity index (χ3n) is 9.42. The number of alkyl carbamates (subject to hydrolysis) is 1. The van der Waals surface area contributed by atoms with E-state index in [-0.39, 0.29) is 25.3 Å². The number of rotatable bonds is 7. The molecule has 6 rings (SSSR count). The number of carboxylic acids is 1. The minimum atomic E-state index is -1.44. The van der Waals surface area contributed by atoms with Crippen LogP contribution in [0.2, 0.25) is 0 Å². The average molecular weight is 700 g/mol. The number of carboxylic acid groups (broad SMARTS) is 1. The van der Waals surface area contributed by atoms with Gasteiger partial charge in [-0.2, -0.15) is 4.80 Å². The Hall–Kier alpha value is -5.27. The summed E-state index contributed by atoms with van der Waals surface area (Å²) in [6, 6.07) is 14.6. The Morgan fingerprint density at radius 3 is 2.65 bits per heavy atom. The molecule has 14 nitrogen and oxygen atoms in total. The molecule has 0 unspecified atom stereocenters. The Balaban J connectivity index is 1.24. The molecule has 1 aliphatic carbocycles. The maximum absolute atomic E-state index is 14.3. The third-order valence-corrected chi connectivity index (χ3v) is 9.42. The molecule has 5 atom stereocenters. The third kappa shape index (κ3) is 8.55. The zero-order valence-corrected chi connectivity index (χ0v) is 29.2. The van der Waals surface area contributed by atoms with Gasteiger partial charge in [-0.1, -0.05) is 67.5 Å². The topological polar surface area (TPSA) is 178 Å². The van der Waals surface area contributed by atoms with Crippen molar-refractivity contribution in [2.24, 2.45) is 5.92 Å².